The van der Waals surface area contributed by atoms with E-state index in [2.05, 4.69) is 13.0 Å². The average molecular weight is 426 g/mol. The standard InChI is InChI=1S/C26H32FNO3/c1-4-5-6-7-8-12-17-30-31-26(29)22-16-15-21(20-13-10-9-11-14-20)24(25(22)27)23(18-28)19(2)3/h9-11,13-16,19,23H,4-8,12,17H2,1-3H3/t23-/m0/s1. The van der Waals surface area contributed by atoms with E-state index >= 15 is 4.39 Å². The lowest BCUT2D eigenvalue weighted by Gasteiger charge is -2.20. The van der Waals surface area contributed by atoms with Gasteiger partial charge in [0.2, 0.25) is 0 Å². The van der Waals surface area contributed by atoms with Crippen LogP contribution in [-0.4, -0.2) is 12.6 Å². The van der Waals surface area contributed by atoms with Gasteiger partial charge in [-0.1, -0.05) is 89.3 Å². The predicted octanol–water partition coefficient (Wildman–Crippen LogP) is 7.20. The molecule has 2 aromatic rings. The summed E-state index contributed by atoms with van der Waals surface area (Å²) in [7, 11) is 0. The van der Waals surface area contributed by atoms with Gasteiger partial charge in [0, 0.05) is 5.56 Å². The molecule has 2 aromatic carbocycles. The molecule has 0 aliphatic carbocycles. The quantitative estimate of drug-likeness (QED) is 0.205. The highest BCUT2D eigenvalue weighted by Crippen LogP contribution is 2.36. The van der Waals surface area contributed by atoms with Gasteiger partial charge in [0.05, 0.1) is 24.2 Å². The highest BCUT2D eigenvalue weighted by atomic mass is 19.1. The highest BCUT2D eigenvalue weighted by molar-refractivity contribution is 5.91. The van der Waals surface area contributed by atoms with E-state index in [1.54, 1.807) is 6.07 Å². The van der Waals surface area contributed by atoms with Gasteiger partial charge in [0.15, 0.2) is 0 Å². The van der Waals surface area contributed by atoms with Crippen LogP contribution in [0.4, 0.5) is 4.39 Å². The Bertz CT molecular complexity index is 874. The molecule has 0 spiro atoms. The van der Waals surface area contributed by atoms with Crippen LogP contribution in [0, 0.1) is 23.1 Å². The fourth-order valence-corrected chi connectivity index (χ4v) is 3.55. The van der Waals surface area contributed by atoms with Crippen molar-refractivity contribution in [2.75, 3.05) is 6.61 Å². The molecule has 0 bridgehead atoms. The van der Waals surface area contributed by atoms with E-state index in [0.717, 1.165) is 24.8 Å². The van der Waals surface area contributed by atoms with Crippen molar-refractivity contribution in [2.24, 2.45) is 5.92 Å². The lowest BCUT2D eigenvalue weighted by atomic mass is 9.83. The molecule has 0 N–H and O–H groups in total. The zero-order valence-electron chi connectivity index (χ0n) is 18.7. The van der Waals surface area contributed by atoms with Crippen LogP contribution in [0.1, 0.15) is 81.1 Å². The van der Waals surface area contributed by atoms with E-state index in [0.29, 0.717) is 5.56 Å². The van der Waals surface area contributed by atoms with Gasteiger partial charge >= 0.3 is 5.97 Å². The lowest BCUT2D eigenvalue weighted by molar-refractivity contribution is -0.241. The Kier molecular flexibility index (Phi) is 10.2. The summed E-state index contributed by atoms with van der Waals surface area (Å²) in [5.74, 6) is -2.44. The second-order valence-corrected chi connectivity index (χ2v) is 8.07. The smallest absolute Gasteiger partial charge is 0.293 e. The highest BCUT2D eigenvalue weighted by Gasteiger charge is 2.28. The van der Waals surface area contributed by atoms with Gasteiger partial charge in [-0.05, 0) is 29.5 Å². The number of hydrogen-bond donors (Lipinski definition) is 0. The van der Waals surface area contributed by atoms with Crippen molar-refractivity contribution >= 4 is 5.97 Å². The first-order valence-corrected chi connectivity index (χ1v) is 11.1. The third-order valence-corrected chi connectivity index (χ3v) is 5.32. The molecule has 0 fully saturated rings. The van der Waals surface area contributed by atoms with Crippen LogP contribution in [0.3, 0.4) is 0 Å². The summed E-state index contributed by atoms with van der Waals surface area (Å²) >= 11 is 0. The van der Waals surface area contributed by atoms with Gasteiger partial charge in [0.1, 0.15) is 5.82 Å². The van der Waals surface area contributed by atoms with Gasteiger partial charge in [0.25, 0.3) is 0 Å². The fraction of sp³-hybridized carbons (Fsp3) is 0.462. The zero-order valence-corrected chi connectivity index (χ0v) is 18.7. The molecule has 0 saturated carbocycles. The molecule has 2 rings (SSSR count). The summed E-state index contributed by atoms with van der Waals surface area (Å²) in [6.45, 7) is 6.16. The minimum atomic E-state index is -0.884. The van der Waals surface area contributed by atoms with E-state index in [4.69, 9.17) is 9.78 Å². The minimum Gasteiger partial charge on any atom is -0.293 e. The second kappa shape index (κ2) is 12.9. The van der Waals surface area contributed by atoms with Crippen LogP contribution in [0.15, 0.2) is 42.5 Å². The number of carbonyl (C=O) groups is 1. The third kappa shape index (κ3) is 6.90. The van der Waals surface area contributed by atoms with Crippen molar-refractivity contribution in [3.8, 4) is 17.2 Å². The molecule has 0 heterocycles. The van der Waals surface area contributed by atoms with E-state index in [1.807, 2.05) is 44.2 Å². The van der Waals surface area contributed by atoms with Gasteiger partial charge in [-0.2, -0.15) is 10.1 Å². The maximum Gasteiger partial charge on any atom is 0.376 e. The first-order chi connectivity index (χ1) is 15.0. The molecule has 5 heteroatoms. The maximum atomic E-state index is 15.5. The Morgan fingerprint density at radius 3 is 2.35 bits per heavy atom. The molecule has 0 aliphatic rings. The lowest BCUT2D eigenvalue weighted by Crippen LogP contribution is -2.15. The fourth-order valence-electron chi connectivity index (χ4n) is 3.55. The molecule has 0 unspecified atom stereocenters. The first-order valence-electron chi connectivity index (χ1n) is 11.1. The molecule has 0 radical (unpaired) electrons. The predicted molar refractivity (Wildman–Crippen MR) is 120 cm³/mol. The Morgan fingerprint density at radius 1 is 1.03 bits per heavy atom. The van der Waals surface area contributed by atoms with Gasteiger partial charge in [-0.3, -0.25) is 4.89 Å². The summed E-state index contributed by atoms with van der Waals surface area (Å²) in [6, 6.07) is 14.5. The number of unbranched alkanes of at least 4 members (excludes halogenated alkanes) is 5. The van der Waals surface area contributed by atoms with Crippen LogP contribution in [0.2, 0.25) is 0 Å². The molecule has 0 saturated heterocycles. The summed E-state index contributed by atoms with van der Waals surface area (Å²) in [5.41, 5.74) is 1.38. The number of hydrogen-bond acceptors (Lipinski definition) is 4. The molecule has 31 heavy (non-hydrogen) atoms. The van der Waals surface area contributed by atoms with E-state index in [1.165, 1.54) is 25.3 Å². The van der Waals surface area contributed by atoms with Crippen molar-refractivity contribution in [3.05, 3.63) is 59.4 Å². The number of nitriles is 1. The SMILES string of the molecule is CCCCCCCCOOC(=O)c1ccc(-c2ccccc2)c([C@@H](C#N)C(C)C)c1F. The molecule has 0 amide bonds. The van der Waals surface area contributed by atoms with Crippen molar-refractivity contribution in [3.63, 3.8) is 0 Å². The molecule has 4 nitrogen and oxygen atoms in total. The van der Waals surface area contributed by atoms with Crippen LogP contribution >= 0.6 is 0 Å². The van der Waals surface area contributed by atoms with Crippen molar-refractivity contribution in [2.45, 2.75) is 65.2 Å². The van der Waals surface area contributed by atoms with E-state index in [9.17, 15) is 10.1 Å². The molecular formula is C26H32FNO3. The summed E-state index contributed by atoms with van der Waals surface area (Å²) in [6.07, 6.45) is 6.50. The Morgan fingerprint density at radius 2 is 1.71 bits per heavy atom. The zero-order chi connectivity index (χ0) is 22.6. The van der Waals surface area contributed by atoms with Crippen LogP contribution in [0.25, 0.3) is 11.1 Å². The van der Waals surface area contributed by atoms with Gasteiger partial charge < -0.3 is 0 Å². The Hall–Kier alpha value is -2.71. The molecule has 1 atom stereocenters. The van der Waals surface area contributed by atoms with Gasteiger partial charge in [-0.15, -0.1) is 0 Å². The largest absolute Gasteiger partial charge is 0.376 e. The summed E-state index contributed by atoms with van der Waals surface area (Å²) in [4.78, 5) is 22.3. The van der Waals surface area contributed by atoms with Crippen molar-refractivity contribution < 1.29 is 19.0 Å². The Labute approximate surface area is 184 Å². The van der Waals surface area contributed by atoms with Gasteiger partial charge in [-0.25, -0.2) is 9.18 Å². The van der Waals surface area contributed by atoms with Crippen LogP contribution in [0.5, 0.6) is 0 Å². The number of nitrogens with zero attached hydrogens (tertiary/aromatic N) is 1. The number of carbonyl (C=O) groups excluding carboxylic acids is 1. The number of benzene rings is 2. The molecule has 0 aromatic heterocycles. The van der Waals surface area contributed by atoms with Crippen molar-refractivity contribution in [1.29, 1.82) is 5.26 Å². The molecule has 166 valence electrons. The topological polar surface area (TPSA) is 59.3 Å². The monoisotopic (exact) mass is 425 g/mol. The van der Waals surface area contributed by atoms with Crippen molar-refractivity contribution in [1.82, 2.24) is 0 Å². The first kappa shape index (κ1) is 24.6. The normalized spacial score (nSPS) is 11.9. The van der Waals surface area contributed by atoms with E-state index in [-0.39, 0.29) is 23.7 Å². The molecule has 0 aliphatic heterocycles. The summed E-state index contributed by atoms with van der Waals surface area (Å²) < 4.78 is 15.5. The van der Waals surface area contributed by atoms with E-state index < -0.39 is 17.7 Å². The second-order valence-electron chi connectivity index (χ2n) is 8.07. The number of halogens is 1. The summed E-state index contributed by atoms with van der Waals surface area (Å²) in [5, 5.41) is 9.70. The third-order valence-electron chi connectivity index (χ3n) is 5.32. The average Bonchev–Trinajstić information content (AvgIpc) is 2.77. The minimum absolute atomic E-state index is 0.128. The van der Waals surface area contributed by atoms with Crippen LogP contribution in [-0.2, 0) is 9.78 Å². The van der Waals surface area contributed by atoms with Crippen LogP contribution < -0.4 is 0 Å². The maximum absolute atomic E-state index is 15.5. The molecular weight excluding hydrogens is 393 g/mol. The Balaban J connectivity index is 2.16. The number of rotatable bonds is 12.